The molecule has 0 saturated heterocycles. The fourth-order valence-electron chi connectivity index (χ4n) is 1.66. The third-order valence-corrected chi connectivity index (χ3v) is 2.66. The molecule has 0 aliphatic heterocycles. The molecule has 7 heteroatoms. The van der Waals surface area contributed by atoms with E-state index in [-0.39, 0.29) is 6.04 Å². The average molecular weight is 250 g/mol. The number of rotatable bonds is 6. The summed E-state index contributed by atoms with van der Waals surface area (Å²) in [6.07, 6.45) is 4.51. The van der Waals surface area contributed by atoms with Crippen LogP contribution in [0.3, 0.4) is 0 Å². The van der Waals surface area contributed by atoms with Crippen LogP contribution >= 0.6 is 0 Å². The standard InChI is InChI=1S/C11H18N6O/c1-3-5-8(12)9-6-17(16-14-9)7-11-13-10(4-2)15-18-11/h6,8H,3-5,7,12H2,1-2H3. The second kappa shape index (κ2) is 5.72. The fourth-order valence-corrected chi connectivity index (χ4v) is 1.66. The summed E-state index contributed by atoms with van der Waals surface area (Å²) in [5, 5.41) is 11.9. The molecule has 98 valence electrons. The van der Waals surface area contributed by atoms with Gasteiger partial charge in [0.2, 0.25) is 5.89 Å². The minimum absolute atomic E-state index is 0.0577. The zero-order valence-electron chi connectivity index (χ0n) is 10.7. The Kier molecular flexibility index (Phi) is 4.03. The van der Waals surface area contributed by atoms with Gasteiger partial charge < -0.3 is 10.3 Å². The van der Waals surface area contributed by atoms with Crippen molar-refractivity contribution in [3.05, 3.63) is 23.6 Å². The van der Waals surface area contributed by atoms with Crippen LogP contribution in [0.5, 0.6) is 0 Å². The van der Waals surface area contributed by atoms with E-state index in [1.807, 2.05) is 13.1 Å². The fraction of sp³-hybridized carbons (Fsp3) is 0.636. The minimum atomic E-state index is -0.0577. The van der Waals surface area contributed by atoms with Gasteiger partial charge in [-0.2, -0.15) is 4.98 Å². The second-order valence-corrected chi connectivity index (χ2v) is 4.19. The third kappa shape index (κ3) is 2.92. The first kappa shape index (κ1) is 12.7. The Morgan fingerprint density at radius 2 is 2.28 bits per heavy atom. The van der Waals surface area contributed by atoms with Gasteiger partial charge in [-0.25, -0.2) is 4.68 Å². The van der Waals surface area contributed by atoms with Gasteiger partial charge in [0.05, 0.1) is 17.9 Å². The van der Waals surface area contributed by atoms with Gasteiger partial charge in [-0.1, -0.05) is 30.6 Å². The van der Waals surface area contributed by atoms with E-state index < -0.39 is 0 Å². The maximum Gasteiger partial charge on any atom is 0.248 e. The van der Waals surface area contributed by atoms with Crippen molar-refractivity contribution in [2.24, 2.45) is 5.73 Å². The first-order valence-electron chi connectivity index (χ1n) is 6.20. The molecule has 2 rings (SSSR count). The van der Waals surface area contributed by atoms with Gasteiger partial charge in [0, 0.05) is 6.42 Å². The smallest absolute Gasteiger partial charge is 0.248 e. The third-order valence-electron chi connectivity index (χ3n) is 2.66. The SMILES string of the molecule is CCCC(N)c1cn(Cc2nc(CC)no2)nn1. The van der Waals surface area contributed by atoms with Crippen molar-refractivity contribution in [1.29, 1.82) is 0 Å². The highest BCUT2D eigenvalue weighted by atomic mass is 16.5. The number of aromatic nitrogens is 5. The Balaban J connectivity index is 2.01. The van der Waals surface area contributed by atoms with E-state index >= 15 is 0 Å². The highest BCUT2D eigenvalue weighted by Crippen LogP contribution is 2.12. The van der Waals surface area contributed by atoms with Crippen LogP contribution in [0.25, 0.3) is 0 Å². The van der Waals surface area contributed by atoms with Crippen molar-refractivity contribution in [2.45, 2.75) is 45.7 Å². The lowest BCUT2D eigenvalue weighted by atomic mass is 10.1. The molecule has 2 heterocycles. The van der Waals surface area contributed by atoms with Crippen LogP contribution in [0.1, 0.15) is 50.1 Å². The number of hydrogen-bond donors (Lipinski definition) is 1. The molecule has 2 aromatic rings. The normalized spacial score (nSPS) is 12.8. The van der Waals surface area contributed by atoms with Gasteiger partial charge in [-0.15, -0.1) is 5.10 Å². The predicted octanol–water partition coefficient (Wildman–Crippen LogP) is 1.07. The summed E-state index contributed by atoms with van der Waals surface area (Å²) in [4.78, 5) is 4.22. The van der Waals surface area contributed by atoms with Gasteiger partial charge in [0.15, 0.2) is 5.82 Å². The maximum absolute atomic E-state index is 5.97. The van der Waals surface area contributed by atoms with Crippen molar-refractivity contribution in [3.8, 4) is 0 Å². The van der Waals surface area contributed by atoms with Crippen LogP contribution in [0.15, 0.2) is 10.7 Å². The lowest BCUT2D eigenvalue weighted by Crippen LogP contribution is -2.10. The highest BCUT2D eigenvalue weighted by molar-refractivity contribution is 5.00. The van der Waals surface area contributed by atoms with E-state index in [1.165, 1.54) is 0 Å². The van der Waals surface area contributed by atoms with E-state index in [1.54, 1.807) is 4.68 Å². The van der Waals surface area contributed by atoms with Gasteiger partial charge in [0.25, 0.3) is 0 Å². The van der Waals surface area contributed by atoms with Gasteiger partial charge in [0.1, 0.15) is 6.54 Å². The van der Waals surface area contributed by atoms with Gasteiger partial charge in [-0.05, 0) is 6.42 Å². The number of nitrogens with zero attached hydrogens (tertiary/aromatic N) is 5. The van der Waals surface area contributed by atoms with Crippen LogP contribution < -0.4 is 5.73 Å². The number of aryl methyl sites for hydroxylation is 1. The maximum atomic E-state index is 5.97. The van der Waals surface area contributed by atoms with Crippen molar-refractivity contribution in [1.82, 2.24) is 25.1 Å². The quantitative estimate of drug-likeness (QED) is 0.823. The van der Waals surface area contributed by atoms with Crippen LogP contribution in [-0.4, -0.2) is 25.1 Å². The number of hydrogen-bond acceptors (Lipinski definition) is 6. The average Bonchev–Trinajstić information content (AvgIpc) is 2.99. The van der Waals surface area contributed by atoms with Crippen molar-refractivity contribution in [3.63, 3.8) is 0 Å². The molecule has 0 bridgehead atoms. The molecule has 1 unspecified atom stereocenters. The van der Waals surface area contributed by atoms with Crippen molar-refractivity contribution >= 4 is 0 Å². The van der Waals surface area contributed by atoms with E-state index in [9.17, 15) is 0 Å². The lowest BCUT2D eigenvalue weighted by molar-refractivity contribution is 0.360. The van der Waals surface area contributed by atoms with Crippen LogP contribution in [0.4, 0.5) is 0 Å². The first-order chi connectivity index (χ1) is 8.72. The molecule has 7 nitrogen and oxygen atoms in total. The topological polar surface area (TPSA) is 95.7 Å². The zero-order valence-corrected chi connectivity index (χ0v) is 10.7. The monoisotopic (exact) mass is 250 g/mol. The number of nitrogens with two attached hydrogens (primary N) is 1. The summed E-state index contributed by atoms with van der Waals surface area (Å²) >= 11 is 0. The molecule has 1 atom stereocenters. The molecule has 18 heavy (non-hydrogen) atoms. The van der Waals surface area contributed by atoms with Gasteiger partial charge in [-0.3, -0.25) is 0 Å². The molecule has 0 saturated carbocycles. The van der Waals surface area contributed by atoms with E-state index in [0.29, 0.717) is 18.3 Å². The summed E-state index contributed by atoms with van der Waals surface area (Å²) in [7, 11) is 0. The Labute approximate surface area is 105 Å². The van der Waals surface area contributed by atoms with Crippen LogP contribution in [-0.2, 0) is 13.0 Å². The summed E-state index contributed by atoms with van der Waals surface area (Å²) in [5.74, 6) is 1.24. The zero-order chi connectivity index (χ0) is 13.0. The molecule has 0 amide bonds. The molecular formula is C11H18N6O. The van der Waals surface area contributed by atoms with Crippen molar-refractivity contribution < 1.29 is 4.52 Å². The van der Waals surface area contributed by atoms with E-state index in [0.717, 1.165) is 25.0 Å². The Bertz CT molecular complexity index is 491. The first-order valence-corrected chi connectivity index (χ1v) is 6.20. The summed E-state index contributed by atoms with van der Waals surface area (Å²) in [6.45, 7) is 4.50. The van der Waals surface area contributed by atoms with E-state index in [4.69, 9.17) is 10.3 Å². The van der Waals surface area contributed by atoms with E-state index in [2.05, 4.69) is 27.4 Å². The Hall–Kier alpha value is -1.76. The minimum Gasteiger partial charge on any atom is -0.337 e. The van der Waals surface area contributed by atoms with Crippen molar-refractivity contribution in [2.75, 3.05) is 0 Å². The second-order valence-electron chi connectivity index (χ2n) is 4.19. The van der Waals surface area contributed by atoms with Gasteiger partial charge >= 0.3 is 0 Å². The lowest BCUT2D eigenvalue weighted by Gasteiger charge is -2.04. The molecule has 0 aliphatic carbocycles. The molecular weight excluding hydrogens is 232 g/mol. The molecule has 0 fully saturated rings. The molecule has 0 aromatic carbocycles. The molecule has 2 N–H and O–H groups in total. The Morgan fingerprint density at radius 1 is 1.44 bits per heavy atom. The summed E-state index contributed by atoms with van der Waals surface area (Å²) in [6, 6.07) is -0.0577. The Morgan fingerprint density at radius 3 is 2.94 bits per heavy atom. The van der Waals surface area contributed by atoms with Crippen LogP contribution in [0, 0.1) is 0 Å². The molecule has 2 aromatic heterocycles. The highest BCUT2D eigenvalue weighted by Gasteiger charge is 2.11. The summed E-state index contributed by atoms with van der Waals surface area (Å²) in [5.41, 5.74) is 6.77. The predicted molar refractivity (Wildman–Crippen MR) is 64.6 cm³/mol. The largest absolute Gasteiger partial charge is 0.337 e. The molecule has 0 spiro atoms. The molecule has 0 radical (unpaired) electrons. The van der Waals surface area contributed by atoms with Crippen LogP contribution in [0.2, 0.25) is 0 Å². The molecule has 0 aliphatic rings. The summed E-state index contributed by atoms with van der Waals surface area (Å²) < 4.78 is 6.76.